The predicted molar refractivity (Wildman–Crippen MR) is 117 cm³/mol. The molecule has 1 aromatic heterocycles. The van der Waals surface area contributed by atoms with E-state index in [0.29, 0.717) is 0 Å². The molecule has 0 spiro atoms. The molecule has 1 aliphatic carbocycles. The minimum atomic E-state index is 1.00. The summed E-state index contributed by atoms with van der Waals surface area (Å²) in [7, 11) is 0. The maximum Gasteiger partial charge on any atom is 0.0702 e. The number of rotatable bonds is 2. The van der Waals surface area contributed by atoms with Gasteiger partial charge in [0.15, 0.2) is 0 Å². The maximum atomic E-state index is 4.51. The second kappa shape index (κ2) is 5.90. The number of nitrogens with zero attached hydrogens (tertiary/aromatic N) is 1. The molecular formula is C27H17N. The fourth-order valence-electron chi connectivity index (χ4n) is 4.38. The van der Waals surface area contributed by atoms with Gasteiger partial charge in [-0.05, 0) is 74.5 Å². The van der Waals surface area contributed by atoms with Crippen LogP contribution in [0.2, 0.25) is 0 Å². The van der Waals surface area contributed by atoms with Gasteiger partial charge in [-0.1, -0.05) is 66.7 Å². The van der Waals surface area contributed by atoms with Gasteiger partial charge in [0, 0.05) is 11.8 Å². The third kappa shape index (κ3) is 2.23. The van der Waals surface area contributed by atoms with Crippen molar-refractivity contribution in [2.75, 3.05) is 0 Å². The zero-order chi connectivity index (χ0) is 18.5. The van der Waals surface area contributed by atoms with E-state index in [1.807, 2.05) is 18.3 Å². The Hall–Kier alpha value is -3.71. The zero-order valence-corrected chi connectivity index (χ0v) is 15.3. The Bertz CT molecular complexity index is 1350. The third-order valence-electron chi connectivity index (χ3n) is 5.64. The molecule has 0 fully saturated rings. The molecule has 1 heteroatoms. The standard InChI is InChI=1S/C27H17N/c1-2-11-23-22(10-1)24-12-6-9-20-16-21(17-25(23)27(20)24)18-7-5-8-19(15-18)26-13-3-4-14-28-26/h1-17H. The first-order valence-corrected chi connectivity index (χ1v) is 9.57. The Morgan fingerprint density at radius 1 is 0.464 bits per heavy atom. The zero-order valence-electron chi connectivity index (χ0n) is 15.3. The predicted octanol–water partition coefficient (Wildman–Crippen LogP) is 7.22. The van der Waals surface area contributed by atoms with Crippen LogP contribution in [0.25, 0.3) is 55.4 Å². The molecule has 0 N–H and O–H groups in total. The van der Waals surface area contributed by atoms with Gasteiger partial charge in [0.25, 0.3) is 0 Å². The molecular weight excluding hydrogens is 338 g/mol. The van der Waals surface area contributed by atoms with Crippen molar-refractivity contribution in [3.05, 3.63) is 103 Å². The molecule has 1 aliphatic rings. The highest BCUT2D eigenvalue weighted by molar-refractivity contribution is 6.16. The first-order valence-electron chi connectivity index (χ1n) is 9.57. The summed E-state index contributed by atoms with van der Waals surface area (Å²) in [5, 5.41) is 2.66. The summed E-state index contributed by atoms with van der Waals surface area (Å²) < 4.78 is 0. The van der Waals surface area contributed by atoms with Gasteiger partial charge in [-0.3, -0.25) is 4.98 Å². The number of pyridine rings is 1. The lowest BCUT2D eigenvalue weighted by molar-refractivity contribution is 1.33. The van der Waals surface area contributed by atoms with E-state index in [4.69, 9.17) is 0 Å². The van der Waals surface area contributed by atoms with Gasteiger partial charge in [-0.15, -0.1) is 0 Å². The van der Waals surface area contributed by atoms with Crippen molar-refractivity contribution >= 4 is 10.8 Å². The highest BCUT2D eigenvalue weighted by Gasteiger charge is 2.21. The quantitative estimate of drug-likeness (QED) is 0.319. The molecule has 28 heavy (non-hydrogen) atoms. The molecule has 130 valence electrons. The second-order valence-electron chi connectivity index (χ2n) is 7.27. The van der Waals surface area contributed by atoms with Gasteiger partial charge in [-0.25, -0.2) is 0 Å². The minimum Gasteiger partial charge on any atom is -0.256 e. The Labute approximate surface area is 163 Å². The van der Waals surface area contributed by atoms with E-state index in [1.54, 1.807) is 0 Å². The van der Waals surface area contributed by atoms with Crippen molar-refractivity contribution < 1.29 is 0 Å². The summed E-state index contributed by atoms with van der Waals surface area (Å²) in [5.74, 6) is 0. The molecule has 0 bridgehead atoms. The molecule has 1 heterocycles. The normalized spacial score (nSPS) is 11.6. The lowest BCUT2D eigenvalue weighted by Gasteiger charge is -2.09. The molecule has 0 amide bonds. The van der Waals surface area contributed by atoms with Crippen molar-refractivity contribution in [2.45, 2.75) is 0 Å². The Kier molecular flexibility index (Phi) is 3.24. The van der Waals surface area contributed by atoms with Crippen LogP contribution in [0.5, 0.6) is 0 Å². The van der Waals surface area contributed by atoms with Gasteiger partial charge in [0.2, 0.25) is 0 Å². The lowest BCUT2D eigenvalue weighted by atomic mass is 9.95. The molecule has 4 aromatic carbocycles. The summed E-state index contributed by atoms with van der Waals surface area (Å²) in [4.78, 5) is 4.51. The summed E-state index contributed by atoms with van der Waals surface area (Å²) in [6.45, 7) is 0. The van der Waals surface area contributed by atoms with Crippen molar-refractivity contribution in [3.8, 4) is 44.6 Å². The molecule has 5 aromatic rings. The molecule has 1 nitrogen and oxygen atoms in total. The van der Waals surface area contributed by atoms with Gasteiger partial charge in [-0.2, -0.15) is 0 Å². The molecule has 0 unspecified atom stereocenters. The number of fused-ring (bicyclic) bond motifs is 3. The van der Waals surface area contributed by atoms with Crippen LogP contribution in [0.1, 0.15) is 0 Å². The van der Waals surface area contributed by atoms with Crippen molar-refractivity contribution in [3.63, 3.8) is 0 Å². The molecule has 0 radical (unpaired) electrons. The van der Waals surface area contributed by atoms with Crippen LogP contribution >= 0.6 is 0 Å². The minimum absolute atomic E-state index is 1.00. The van der Waals surface area contributed by atoms with E-state index in [1.165, 1.54) is 44.2 Å². The number of hydrogen-bond donors (Lipinski definition) is 0. The molecule has 0 aliphatic heterocycles. The first kappa shape index (κ1) is 15.4. The van der Waals surface area contributed by atoms with E-state index in [-0.39, 0.29) is 0 Å². The van der Waals surface area contributed by atoms with Crippen LogP contribution in [0.3, 0.4) is 0 Å². The fourth-order valence-corrected chi connectivity index (χ4v) is 4.38. The monoisotopic (exact) mass is 355 g/mol. The molecule has 0 atom stereocenters. The van der Waals surface area contributed by atoms with E-state index >= 15 is 0 Å². The second-order valence-corrected chi connectivity index (χ2v) is 7.27. The van der Waals surface area contributed by atoms with E-state index in [9.17, 15) is 0 Å². The Morgan fingerprint density at radius 2 is 1.21 bits per heavy atom. The SMILES string of the molecule is c1ccc(-c2cccc(-c3cc4c5c(cccc5c3)-c3ccccc3-4)c2)nc1. The number of benzene rings is 4. The average Bonchev–Trinajstić information content (AvgIpc) is 3.10. The number of aromatic nitrogens is 1. The van der Waals surface area contributed by atoms with E-state index in [2.05, 4.69) is 89.9 Å². The topological polar surface area (TPSA) is 12.9 Å². The molecule has 0 saturated heterocycles. The van der Waals surface area contributed by atoms with Crippen LogP contribution in [0, 0.1) is 0 Å². The summed E-state index contributed by atoms with van der Waals surface area (Å²) in [5.41, 5.74) is 9.95. The Morgan fingerprint density at radius 3 is 2.07 bits per heavy atom. The van der Waals surface area contributed by atoms with Gasteiger partial charge < -0.3 is 0 Å². The van der Waals surface area contributed by atoms with Gasteiger partial charge >= 0.3 is 0 Å². The van der Waals surface area contributed by atoms with Crippen molar-refractivity contribution in [2.24, 2.45) is 0 Å². The highest BCUT2D eigenvalue weighted by Crippen LogP contribution is 2.48. The largest absolute Gasteiger partial charge is 0.256 e. The van der Waals surface area contributed by atoms with Crippen molar-refractivity contribution in [1.29, 1.82) is 0 Å². The summed E-state index contributed by atoms with van der Waals surface area (Å²) in [6.07, 6.45) is 1.84. The van der Waals surface area contributed by atoms with Crippen LogP contribution in [0.15, 0.2) is 103 Å². The van der Waals surface area contributed by atoms with Gasteiger partial charge in [0.1, 0.15) is 0 Å². The smallest absolute Gasteiger partial charge is 0.0702 e. The highest BCUT2D eigenvalue weighted by atomic mass is 14.7. The summed E-state index contributed by atoms with van der Waals surface area (Å²) in [6, 6.07) is 34.7. The Balaban J connectivity index is 1.58. The van der Waals surface area contributed by atoms with Crippen LogP contribution in [-0.4, -0.2) is 4.98 Å². The van der Waals surface area contributed by atoms with Crippen LogP contribution < -0.4 is 0 Å². The molecule has 6 rings (SSSR count). The van der Waals surface area contributed by atoms with E-state index in [0.717, 1.165) is 11.3 Å². The van der Waals surface area contributed by atoms with Gasteiger partial charge in [0.05, 0.1) is 5.69 Å². The van der Waals surface area contributed by atoms with Crippen LogP contribution in [0.4, 0.5) is 0 Å². The molecule has 0 saturated carbocycles. The summed E-state index contributed by atoms with van der Waals surface area (Å²) >= 11 is 0. The van der Waals surface area contributed by atoms with E-state index < -0.39 is 0 Å². The first-order chi connectivity index (χ1) is 13.9. The van der Waals surface area contributed by atoms with Crippen LogP contribution in [-0.2, 0) is 0 Å². The maximum absolute atomic E-state index is 4.51. The van der Waals surface area contributed by atoms with Crippen molar-refractivity contribution in [1.82, 2.24) is 4.98 Å². The third-order valence-corrected chi connectivity index (χ3v) is 5.64. The number of hydrogen-bond acceptors (Lipinski definition) is 1. The lowest BCUT2D eigenvalue weighted by Crippen LogP contribution is -1.85. The average molecular weight is 355 g/mol. The fraction of sp³-hybridized carbons (Fsp3) is 0.